The Morgan fingerprint density at radius 3 is 2.79 bits per heavy atom. The van der Waals surface area contributed by atoms with Crippen LogP contribution >= 0.6 is 15.9 Å². The second kappa shape index (κ2) is 5.21. The molecule has 3 rings (SSSR count). The van der Waals surface area contributed by atoms with E-state index < -0.39 is 0 Å². The van der Waals surface area contributed by atoms with E-state index in [1.54, 1.807) is 0 Å². The van der Waals surface area contributed by atoms with Crippen LogP contribution in [-0.4, -0.2) is 9.78 Å². The Kier molecular flexibility index (Phi) is 3.73. The summed E-state index contributed by atoms with van der Waals surface area (Å²) in [6, 6.07) is 0.482. The molecule has 2 saturated carbocycles. The third kappa shape index (κ3) is 2.49. The Morgan fingerprint density at radius 1 is 1.42 bits per heavy atom. The summed E-state index contributed by atoms with van der Waals surface area (Å²) in [5.41, 5.74) is 7.68. The van der Waals surface area contributed by atoms with Gasteiger partial charge >= 0.3 is 0 Å². The predicted octanol–water partition coefficient (Wildman–Crippen LogP) is 4.05. The quantitative estimate of drug-likeness (QED) is 0.907. The monoisotopic (exact) mass is 325 g/mol. The summed E-state index contributed by atoms with van der Waals surface area (Å²) in [6.07, 6.45) is 8.78. The van der Waals surface area contributed by atoms with Gasteiger partial charge in [-0.15, -0.1) is 0 Å². The third-order valence-electron chi connectivity index (χ3n) is 5.07. The summed E-state index contributed by atoms with van der Waals surface area (Å²) in [6.45, 7) is 4.32. The summed E-state index contributed by atoms with van der Waals surface area (Å²) < 4.78 is 3.14. The molecule has 1 aromatic rings. The molecule has 1 aromatic heterocycles. The molecule has 0 radical (unpaired) electrons. The largest absolute Gasteiger partial charge is 0.323 e. The normalized spacial score (nSPS) is 31.3. The number of halogens is 1. The number of fused-ring (bicyclic) bond motifs is 2. The van der Waals surface area contributed by atoms with Crippen LogP contribution in [0.4, 0.5) is 0 Å². The van der Waals surface area contributed by atoms with Crippen LogP contribution in [0.25, 0.3) is 0 Å². The van der Waals surface area contributed by atoms with Gasteiger partial charge in [-0.3, -0.25) is 4.68 Å². The van der Waals surface area contributed by atoms with Gasteiger partial charge in [-0.2, -0.15) is 5.10 Å². The van der Waals surface area contributed by atoms with Crippen molar-refractivity contribution < 1.29 is 0 Å². The Morgan fingerprint density at radius 2 is 2.21 bits per heavy atom. The molecular formula is C15H24BrN3. The van der Waals surface area contributed by atoms with Crippen molar-refractivity contribution in [2.45, 2.75) is 58.0 Å². The summed E-state index contributed by atoms with van der Waals surface area (Å²) in [7, 11) is 0. The average Bonchev–Trinajstić information content (AvgIpc) is 3.02. The van der Waals surface area contributed by atoms with E-state index >= 15 is 0 Å². The van der Waals surface area contributed by atoms with Crippen molar-refractivity contribution >= 4 is 15.9 Å². The molecular weight excluding hydrogens is 302 g/mol. The van der Waals surface area contributed by atoms with Crippen molar-refractivity contribution in [3.05, 3.63) is 16.4 Å². The smallest absolute Gasteiger partial charge is 0.0696 e. The summed E-state index contributed by atoms with van der Waals surface area (Å²) in [5, 5.41) is 4.45. The van der Waals surface area contributed by atoms with Gasteiger partial charge < -0.3 is 5.73 Å². The van der Waals surface area contributed by atoms with E-state index in [1.165, 1.54) is 31.4 Å². The lowest BCUT2D eigenvalue weighted by Crippen LogP contribution is -2.23. The SMILES string of the molecule is CC(C)n1ncc(Br)c1C(N)CC1CC2CCC1C2. The van der Waals surface area contributed by atoms with Crippen LogP contribution < -0.4 is 5.73 Å². The molecule has 2 aliphatic rings. The third-order valence-corrected chi connectivity index (χ3v) is 5.68. The second-order valence-electron chi connectivity index (χ2n) is 6.69. The first-order valence-electron chi connectivity index (χ1n) is 7.54. The van der Waals surface area contributed by atoms with E-state index in [4.69, 9.17) is 5.73 Å². The summed E-state index contributed by atoms with van der Waals surface area (Å²) >= 11 is 3.61. The Labute approximate surface area is 124 Å². The van der Waals surface area contributed by atoms with Gasteiger partial charge in [0.2, 0.25) is 0 Å². The standard InChI is InChI=1S/C15H24BrN3/c1-9(2)19-15(13(16)8-18-19)14(17)7-12-6-10-3-4-11(12)5-10/h8-12,14H,3-7,17H2,1-2H3. The van der Waals surface area contributed by atoms with Crippen LogP contribution in [-0.2, 0) is 0 Å². The minimum absolute atomic E-state index is 0.114. The van der Waals surface area contributed by atoms with Gasteiger partial charge in [-0.05, 0) is 73.2 Å². The highest BCUT2D eigenvalue weighted by atomic mass is 79.9. The van der Waals surface area contributed by atoms with Crippen molar-refractivity contribution in [1.82, 2.24) is 9.78 Å². The first-order chi connectivity index (χ1) is 9.06. The maximum atomic E-state index is 6.50. The van der Waals surface area contributed by atoms with E-state index in [1.807, 2.05) is 6.20 Å². The number of rotatable bonds is 4. The molecule has 2 bridgehead atoms. The summed E-state index contributed by atoms with van der Waals surface area (Å²) in [4.78, 5) is 0. The van der Waals surface area contributed by atoms with E-state index in [9.17, 15) is 0 Å². The molecule has 0 amide bonds. The van der Waals surface area contributed by atoms with Gasteiger partial charge in [0.15, 0.2) is 0 Å². The highest BCUT2D eigenvalue weighted by Crippen LogP contribution is 2.51. The lowest BCUT2D eigenvalue weighted by molar-refractivity contribution is 0.290. The molecule has 19 heavy (non-hydrogen) atoms. The molecule has 3 nitrogen and oxygen atoms in total. The molecule has 1 heterocycles. The molecule has 2 fully saturated rings. The topological polar surface area (TPSA) is 43.8 Å². The van der Waals surface area contributed by atoms with Crippen molar-refractivity contribution in [3.63, 3.8) is 0 Å². The molecule has 0 aliphatic heterocycles. The zero-order valence-electron chi connectivity index (χ0n) is 11.8. The van der Waals surface area contributed by atoms with E-state index in [0.717, 1.165) is 28.6 Å². The Hall–Kier alpha value is -0.350. The molecule has 2 N–H and O–H groups in total. The molecule has 0 saturated heterocycles. The fourth-order valence-electron chi connectivity index (χ4n) is 4.21. The minimum atomic E-state index is 0.114. The van der Waals surface area contributed by atoms with Crippen LogP contribution in [0.1, 0.15) is 63.7 Å². The predicted molar refractivity (Wildman–Crippen MR) is 80.8 cm³/mol. The van der Waals surface area contributed by atoms with Crippen molar-refractivity contribution in [2.24, 2.45) is 23.5 Å². The highest BCUT2D eigenvalue weighted by molar-refractivity contribution is 9.10. The molecule has 2 aliphatic carbocycles. The molecule has 4 unspecified atom stereocenters. The molecule has 106 valence electrons. The lowest BCUT2D eigenvalue weighted by Gasteiger charge is -2.26. The molecule has 4 heteroatoms. The van der Waals surface area contributed by atoms with Crippen LogP contribution in [0.15, 0.2) is 10.7 Å². The van der Waals surface area contributed by atoms with Gasteiger partial charge in [0.1, 0.15) is 0 Å². The van der Waals surface area contributed by atoms with Crippen LogP contribution in [0.5, 0.6) is 0 Å². The average molecular weight is 326 g/mol. The van der Waals surface area contributed by atoms with E-state index in [0.29, 0.717) is 6.04 Å². The van der Waals surface area contributed by atoms with Gasteiger partial charge in [0.05, 0.1) is 16.4 Å². The Bertz CT molecular complexity index is 454. The van der Waals surface area contributed by atoms with Gasteiger partial charge in [0, 0.05) is 12.1 Å². The fraction of sp³-hybridized carbons (Fsp3) is 0.800. The van der Waals surface area contributed by atoms with Crippen molar-refractivity contribution in [2.75, 3.05) is 0 Å². The fourth-order valence-corrected chi connectivity index (χ4v) is 4.78. The van der Waals surface area contributed by atoms with Crippen LogP contribution in [0.2, 0.25) is 0 Å². The molecule has 0 spiro atoms. The number of nitrogens with two attached hydrogens (primary N) is 1. The maximum Gasteiger partial charge on any atom is 0.0696 e. The minimum Gasteiger partial charge on any atom is -0.323 e. The van der Waals surface area contributed by atoms with Crippen molar-refractivity contribution in [3.8, 4) is 0 Å². The van der Waals surface area contributed by atoms with Gasteiger partial charge in [0.25, 0.3) is 0 Å². The maximum absolute atomic E-state index is 6.50. The number of aromatic nitrogens is 2. The highest BCUT2D eigenvalue weighted by Gasteiger charge is 2.40. The van der Waals surface area contributed by atoms with Crippen LogP contribution in [0.3, 0.4) is 0 Å². The Balaban J connectivity index is 1.73. The second-order valence-corrected chi connectivity index (χ2v) is 7.55. The summed E-state index contributed by atoms with van der Waals surface area (Å²) in [5.74, 6) is 2.79. The number of nitrogens with zero attached hydrogens (tertiary/aromatic N) is 2. The molecule has 4 atom stereocenters. The van der Waals surface area contributed by atoms with Crippen LogP contribution in [0, 0.1) is 17.8 Å². The first kappa shape index (κ1) is 13.6. The van der Waals surface area contributed by atoms with E-state index in [-0.39, 0.29) is 6.04 Å². The lowest BCUT2D eigenvalue weighted by atomic mass is 9.84. The number of hydrogen-bond donors (Lipinski definition) is 1. The van der Waals surface area contributed by atoms with Gasteiger partial charge in [-0.1, -0.05) is 6.42 Å². The van der Waals surface area contributed by atoms with E-state index in [2.05, 4.69) is 39.6 Å². The zero-order valence-corrected chi connectivity index (χ0v) is 13.4. The zero-order chi connectivity index (χ0) is 13.6. The van der Waals surface area contributed by atoms with Crippen molar-refractivity contribution in [1.29, 1.82) is 0 Å². The first-order valence-corrected chi connectivity index (χ1v) is 8.34. The number of hydrogen-bond acceptors (Lipinski definition) is 2. The molecule has 0 aromatic carbocycles. The van der Waals surface area contributed by atoms with Gasteiger partial charge in [-0.25, -0.2) is 0 Å².